The number of sulfone groups is 1. The highest BCUT2D eigenvalue weighted by Crippen LogP contribution is 2.30. The highest BCUT2D eigenvalue weighted by atomic mass is 32.2. The monoisotopic (exact) mass is 402 g/mol. The van der Waals surface area contributed by atoms with Crippen molar-refractivity contribution in [2.75, 3.05) is 36.2 Å². The van der Waals surface area contributed by atoms with Gasteiger partial charge in [-0.1, -0.05) is 6.07 Å². The minimum Gasteiger partial charge on any atom is -0.494 e. The SMILES string of the molecule is CCN1CCc2ccc(NC(=O)CCCOc3ccc(S(C)(=O)=O)cc3)cc21. The molecule has 0 atom stereocenters. The van der Waals surface area contributed by atoms with Crippen LogP contribution in [0, 0.1) is 0 Å². The van der Waals surface area contributed by atoms with E-state index in [-0.39, 0.29) is 10.8 Å². The predicted molar refractivity (Wildman–Crippen MR) is 111 cm³/mol. The number of likely N-dealkylation sites (N-methyl/N-ethyl adjacent to an activating group) is 1. The topological polar surface area (TPSA) is 75.7 Å². The number of amides is 1. The van der Waals surface area contributed by atoms with E-state index in [2.05, 4.69) is 23.2 Å². The number of carbonyl (C=O) groups excluding carboxylic acids is 1. The van der Waals surface area contributed by atoms with Gasteiger partial charge in [0.15, 0.2) is 9.84 Å². The van der Waals surface area contributed by atoms with Gasteiger partial charge in [0.2, 0.25) is 5.91 Å². The molecule has 1 aliphatic heterocycles. The minimum atomic E-state index is -3.21. The zero-order valence-corrected chi connectivity index (χ0v) is 17.1. The molecule has 1 amide bonds. The van der Waals surface area contributed by atoms with E-state index < -0.39 is 9.84 Å². The van der Waals surface area contributed by atoms with Gasteiger partial charge in [0.1, 0.15) is 5.75 Å². The first-order valence-corrected chi connectivity index (χ1v) is 11.4. The van der Waals surface area contributed by atoms with E-state index in [0.29, 0.717) is 25.2 Å². The Labute approximate surface area is 166 Å². The van der Waals surface area contributed by atoms with Crippen LogP contribution < -0.4 is 15.0 Å². The molecular weight excluding hydrogens is 376 g/mol. The number of carbonyl (C=O) groups is 1. The summed E-state index contributed by atoms with van der Waals surface area (Å²) >= 11 is 0. The molecule has 0 aliphatic carbocycles. The van der Waals surface area contributed by atoms with Crippen LogP contribution in [0.3, 0.4) is 0 Å². The number of fused-ring (bicyclic) bond motifs is 1. The van der Waals surface area contributed by atoms with E-state index in [0.717, 1.165) is 25.2 Å². The molecule has 2 aromatic rings. The Hall–Kier alpha value is -2.54. The third kappa shape index (κ3) is 5.04. The van der Waals surface area contributed by atoms with Gasteiger partial charge in [-0.2, -0.15) is 0 Å². The molecule has 150 valence electrons. The standard InChI is InChI=1S/C21H26N2O4S/c1-3-23-13-12-16-6-7-17(15-20(16)23)22-21(24)5-4-14-27-18-8-10-19(11-9-18)28(2,25)26/h6-11,15H,3-5,12-14H2,1-2H3,(H,22,24). The van der Waals surface area contributed by atoms with Crippen LogP contribution in [0.5, 0.6) is 5.75 Å². The van der Waals surface area contributed by atoms with Crippen molar-refractivity contribution in [3.05, 3.63) is 48.0 Å². The van der Waals surface area contributed by atoms with Gasteiger partial charge in [0.25, 0.3) is 0 Å². The normalized spacial score (nSPS) is 13.3. The van der Waals surface area contributed by atoms with Crippen molar-refractivity contribution in [1.29, 1.82) is 0 Å². The van der Waals surface area contributed by atoms with Crippen LogP contribution in [-0.2, 0) is 21.1 Å². The highest BCUT2D eigenvalue weighted by Gasteiger charge is 2.18. The number of hydrogen-bond acceptors (Lipinski definition) is 5. The fraction of sp³-hybridized carbons (Fsp3) is 0.381. The molecule has 0 saturated carbocycles. The minimum absolute atomic E-state index is 0.0444. The second kappa shape index (κ2) is 8.65. The van der Waals surface area contributed by atoms with Gasteiger partial charge in [-0.3, -0.25) is 4.79 Å². The van der Waals surface area contributed by atoms with E-state index in [4.69, 9.17) is 4.74 Å². The number of nitrogens with zero attached hydrogens (tertiary/aromatic N) is 1. The van der Waals surface area contributed by atoms with Crippen molar-refractivity contribution >= 4 is 27.1 Å². The fourth-order valence-electron chi connectivity index (χ4n) is 3.28. The average molecular weight is 403 g/mol. The van der Waals surface area contributed by atoms with Gasteiger partial charge in [-0.05, 0) is 61.7 Å². The lowest BCUT2D eigenvalue weighted by atomic mass is 10.1. The molecule has 0 saturated heterocycles. The van der Waals surface area contributed by atoms with Crippen LogP contribution in [0.15, 0.2) is 47.4 Å². The van der Waals surface area contributed by atoms with Crippen molar-refractivity contribution in [2.24, 2.45) is 0 Å². The van der Waals surface area contributed by atoms with Crippen molar-refractivity contribution < 1.29 is 17.9 Å². The Morgan fingerprint density at radius 1 is 1.18 bits per heavy atom. The Bertz CT molecular complexity index is 939. The average Bonchev–Trinajstić information content (AvgIpc) is 3.07. The van der Waals surface area contributed by atoms with Crippen LogP contribution in [0.4, 0.5) is 11.4 Å². The number of ether oxygens (including phenoxy) is 1. The van der Waals surface area contributed by atoms with E-state index >= 15 is 0 Å². The molecule has 1 aliphatic rings. The molecule has 0 aromatic heterocycles. The first kappa shape index (κ1) is 20.2. The summed E-state index contributed by atoms with van der Waals surface area (Å²) in [5, 5.41) is 2.95. The van der Waals surface area contributed by atoms with Crippen molar-refractivity contribution in [1.82, 2.24) is 0 Å². The summed E-state index contributed by atoms with van der Waals surface area (Å²) in [7, 11) is -3.21. The molecule has 0 fully saturated rings. The van der Waals surface area contributed by atoms with Crippen LogP contribution in [0.25, 0.3) is 0 Å². The molecule has 1 N–H and O–H groups in total. The van der Waals surface area contributed by atoms with Crippen LogP contribution in [0.1, 0.15) is 25.3 Å². The van der Waals surface area contributed by atoms with Gasteiger partial charge in [-0.15, -0.1) is 0 Å². The first-order chi connectivity index (χ1) is 13.4. The van der Waals surface area contributed by atoms with Crippen LogP contribution in [0.2, 0.25) is 0 Å². The highest BCUT2D eigenvalue weighted by molar-refractivity contribution is 7.90. The first-order valence-electron chi connectivity index (χ1n) is 9.47. The third-order valence-corrected chi connectivity index (χ3v) is 5.94. The lowest BCUT2D eigenvalue weighted by Crippen LogP contribution is -2.19. The van der Waals surface area contributed by atoms with Crippen molar-refractivity contribution in [3.63, 3.8) is 0 Å². The maximum atomic E-state index is 12.2. The van der Waals surface area contributed by atoms with E-state index in [1.54, 1.807) is 12.1 Å². The van der Waals surface area contributed by atoms with Crippen LogP contribution in [-0.4, -0.2) is 40.3 Å². The largest absolute Gasteiger partial charge is 0.494 e. The second-order valence-electron chi connectivity index (χ2n) is 6.92. The van der Waals surface area contributed by atoms with Gasteiger partial charge in [0, 0.05) is 37.1 Å². The zero-order valence-electron chi connectivity index (χ0n) is 16.3. The Kier molecular flexibility index (Phi) is 6.24. The Balaban J connectivity index is 1.44. The maximum Gasteiger partial charge on any atom is 0.224 e. The lowest BCUT2D eigenvalue weighted by molar-refractivity contribution is -0.116. The molecule has 7 heteroatoms. The van der Waals surface area contributed by atoms with Crippen molar-refractivity contribution in [2.45, 2.75) is 31.1 Å². The maximum absolute atomic E-state index is 12.2. The molecule has 0 radical (unpaired) electrons. The number of anilines is 2. The molecule has 6 nitrogen and oxygen atoms in total. The summed E-state index contributed by atoms with van der Waals surface area (Å²) in [6.07, 6.45) is 3.16. The van der Waals surface area contributed by atoms with Gasteiger partial charge >= 0.3 is 0 Å². The van der Waals surface area contributed by atoms with Crippen molar-refractivity contribution in [3.8, 4) is 5.75 Å². The Morgan fingerprint density at radius 3 is 2.61 bits per heavy atom. The molecule has 3 rings (SSSR count). The summed E-state index contributed by atoms with van der Waals surface area (Å²) in [5.74, 6) is 0.545. The molecular formula is C21H26N2O4S. The lowest BCUT2D eigenvalue weighted by Gasteiger charge is -2.17. The second-order valence-corrected chi connectivity index (χ2v) is 8.93. The smallest absolute Gasteiger partial charge is 0.224 e. The van der Waals surface area contributed by atoms with E-state index in [1.165, 1.54) is 29.6 Å². The molecule has 28 heavy (non-hydrogen) atoms. The summed E-state index contributed by atoms with van der Waals surface area (Å²) in [4.78, 5) is 14.8. The summed E-state index contributed by atoms with van der Waals surface area (Å²) in [6, 6.07) is 12.4. The van der Waals surface area contributed by atoms with Gasteiger partial charge in [-0.25, -0.2) is 8.42 Å². The number of hydrogen-bond donors (Lipinski definition) is 1. The zero-order chi connectivity index (χ0) is 20.1. The summed E-state index contributed by atoms with van der Waals surface area (Å²) in [5.41, 5.74) is 3.36. The summed E-state index contributed by atoms with van der Waals surface area (Å²) < 4.78 is 28.5. The van der Waals surface area contributed by atoms with E-state index in [1.807, 2.05) is 12.1 Å². The molecule has 0 spiro atoms. The summed E-state index contributed by atoms with van der Waals surface area (Å²) in [6.45, 7) is 4.52. The quantitative estimate of drug-likeness (QED) is 0.686. The van der Waals surface area contributed by atoms with E-state index in [9.17, 15) is 13.2 Å². The van der Waals surface area contributed by atoms with Crippen LogP contribution >= 0.6 is 0 Å². The van der Waals surface area contributed by atoms with Gasteiger partial charge in [0.05, 0.1) is 11.5 Å². The third-order valence-electron chi connectivity index (χ3n) is 4.81. The fourth-order valence-corrected chi connectivity index (χ4v) is 3.91. The Morgan fingerprint density at radius 2 is 1.93 bits per heavy atom. The molecule has 2 aromatic carbocycles. The predicted octanol–water partition coefficient (Wildman–Crippen LogP) is 3.27. The molecule has 1 heterocycles. The molecule has 0 bridgehead atoms. The van der Waals surface area contributed by atoms with Gasteiger partial charge < -0.3 is 15.0 Å². The number of benzene rings is 2. The number of rotatable bonds is 8. The molecule has 0 unspecified atom stereocenters. The number of nitrogens with one attached hydrogen (secondary N) is 1.